The minimum atomic E-state index is -0.462. The van der Waals surface area contributed by atoms with Gasteiger partial charge in [0.15, 0.2) is 5.96 Å². The van der Waals surface area contributed by atoms with E-state index in [1.165, 1.54) is 12.8 Å². The fraction of sp³-hybridized carbons (Fsp3) is 0.867. The molecule has 0 saturated heterocycles. The highest BCUT2D eigenvalue weighted by atomic mass is 16.6. The van der Waals surface area contributed by atoms with Crippen LogP contribution in [0.15, 0.2) is 4.99 Å². The summed E-state index contributed by atoms with van der Waals surface area (Å²) in [6.45, 7) is 12.2. The van der Waals surface area contributed by atoms with Crippen LogP contribution in [0.5, 0.6) is 0 Å². The average molecular weight is 298 g/mol. The number of carbonyl (C=O) groups is 1. The minimum absolute atomic E-state index is 0.277. The Labute approximate surface area is 128 Å². The molecular formula is C15H30N4O2. The maximum Gasteiger partial charge on any atom is 0.410 e. The molecule has 0 spiro atoms. The SMILES string of the molecule is CCNC(=NCCN(CC)C(=O)OC(C)(C)C)NC1CC1. The molecule has 1 saturated carbocycles. The van der Waals surface area contributed by atoms with Crippen molar-refractivity contribution in [1.29, 1.82) is 0 Å². The zero-order valence-electron chi connectivity index (χ0n) is 14.0. The van der Waals surface area contributed by atoms with E-state index in [1.54, 1.807) is 4.90 Å². The number of guanidine groups is 1. The molecule has 21 heavy (non-hydrogen) atoms. The highest BCUT2D eigenvalue weighted by Gasteiger charge is 2.23. The third kappa shape index (κ3) is 7.78. The number of rotatable bonds is 6. The Morgan fingerprint density at radius 3 is 2.48 bits per heavy atom. The summed E-state index contributed by atoms with van der Waals surface area (Å²) in [4.78, 5) is 18.2. The number of hydrogen-bond acceptors (Lipinski definition) is 3. The maximum absolute atomic E-state index is 12.0. The van der Waals surface area contributed by atoms with Crippen LogP contribution < -0.4 is 10.6 Å². The van der Waals surface area contributed by atoms with Crippen LogP contribution in [0.2, 0.25) is 0 Å². The lowest BCUT2D eigenvalue weighted by molar-refractivity contribution is 0.0266. The lowest BCUT2D eigenvalue weighted by Crippen LogP contribution is -2.40. The smallest absolute Gasteiger partial charge is 0.410 e. The molecule has 0 atom stereocenters. The maximum atomic E-state index is 12.0. The summed E-state index contributed by atoms with van der Waals surface area (Å²) < 4.78 is 5.38. The Hall–Kier alpha value is -1.46. The van der Waals surface area contributed by atoms with E-state index in [4.69, 9.17) is 4.74 Å². The Bertz CT molecular complexity index is 359. The van der Waals surface area contributed by atoms with Crippen LogP contribution in [-0.2, 0) is 4.74 Å². The van der Waals surface area contributed by atoms with Crippen molar-refractivity contribution in [2.24, 2.45) is 4.99 Å². The summed E-state index contributed by atoms with van der Waals surface area (Å²) in [5, 5.41) is 6.57. The van der Waals surface area contributed by atoms with Gasteiger partial charge in [-0.2, -0.15) is 0 Å². The second-order valence-corrected chi connectivity index (χ2v) is 6.24. The largest absolute Gasteiger partial charge is 0.444 e. The number of nitrogens with zero attached hydrogens (tertiary/aromatic N) is 2. The van der Waals surface area contributed by atoms with Crippen molar-refractivity contribution in [3.63, 3.8) is 0 Å². The summed E-state index contributed by atoms with van der Waals surface area (Å²) in [7, 11) is 0. The summed E-state index contributed by atoms with van der Waals surface area (Å²) >= 11 is 0. The first-order chi connectivity index (χ1) is 9.85. The fourth-order valence-corrected chi connectivity index (χ4v) is 1.73. The molecule has 0 heterocycles. The van der Waals surface area contributed by atoms with Crippen LogP contribution in [0.25, 0.3) is 0 Å². The summed E-state index contributed by atoms with van der Waals surface area (Å²) in [5.74, 6) is 0.834. The van der Waals surface area contributed by atoms with Gasteiger partial charge in [0.1, 0.15) is 5.60 Å². The van der Waals surface area contributed by atoms with E-state index < -0.39 is 5.60 Å². The number of nitrogens with one attached hydrogen (secondary N) is 2. The Kier molecular flexibility index (Phi) is 6.78. The van der Waals surface area contributed by atoms with Gasteiger partial charge < -0.3 is 20.3 Å². The quantitative estimate of drug-likeness (QED) is 0.581. The van der Waals surface area contributed by atoms with E-state index in [9.17, 15) is 4.79 Å². The predicted molar refractivity (Wildman–Crippen MR) is 85.6 cm³/mol. The number of hydrogen-bond donors (Lipinski definition) is 2. The van der Waals surface area contributed by atoms with Gasteiger partial charge in [0.2, 0.25) is 0 Å². The molecule has 0 aliphatic heterocycles. The van der Waals surface area contributed by atoms with Crippen molar-refractivity contribution in [2.75, 3.05) is 26.2 Å². The van der Waals surface area contributed by atoms with Crippen molar-refractivity contribution >= 4 is 12.1 Å². The second kappa shape index (κ2) is 8.10. The van der Waals surface area contributed by atoms with Gasteiger partial charge in [-0.15, -0.1) is 0 Å². The number of aliphatic imine (C=N–C) groups is 1. The number of ether oxygens (including phenoxy) is 1. The number of carbonyl (C=O) groups excluding carboxylic acids is 1. The Balaban J connectivity index is 2.42. The van der Waals surface area contributed by atoms with Crippen LogP contribution in [0.3, 0.4) is 0 Å². The van der Waals surface area contributed by atoms with E-state index in [0.717, 1.165) is 12.5 Å². The van der Waals surface area contributed by atoms with E-state index >= 15 is 0 Å². The molecule has 0 radical (unpaired) electrons. The Morgan fingerprint density at radius 2 is 2.00 bits per heavy atom. The van der Waals surface area contributed by atoms with Gasteiger partial charge in [0.05, 0.1) is 6.54 Å². The first-order valence-electron chi connectivity index (χ1n) is 7.88. The minimum Gasteiger partial charge on any atom is -0.444 e. The average Bonchev–Trinajstić information content (AvgIpc) is 3.16. The van der Waals surface area contributed by atoms with Crippen LogP contribution in [0.1, 0.15) is 47.5 Å². The topological polar surface area (TPSA) is 66.0 Å². The van der Waals surface area contributed by atoms with Crippen molar-refractivity contribution in [3.8, 4) is 0 Å². The van der Waals surface area contributed by atoms with Crippen LogP contribution >= 0.6 is 0 Å². The third-order valence-electron chi connectivity index (χ3n) is 2.94. The molecule has 0 unspecified atom stereocenters. The van der Waals surface area contributed by atoms with Gasteiger partial charge >= 0.3 is 6.09 Å². The van der Waals surface area contributed by atoms with Gasteiger partial charge in [0, 0.05) is 25.7 Å². The molecule has 0 aromatic rings. The molecule has 1 aliphatic rings. The van der Waals surface area contributed by atoms with Crippen molar-refractivity contribution in [3.05, 3.63) is 0 Å². The molecule has 0 aromatic carbocycles. The van der Waals surface area contributed by atoms with Crippen LogP contribution in [0, 0.1) is 0 Å². The zero-order chi connectivity index (χ0) is 15.9. The molecule has 1 fully saturated rings. The molecule has 0 bridgehead atoms. The normalized spacial score (nSPS) is 15.6. The van der Waals surface area contributed by atoms with Gasteiger partial charge in [-0.25, -0.2) is 4.79 Å². The lowest BCUT2D eigenvalue weighted by Gasteiger charge is -2.26. The molecule has 1 aliphatic carbocycles. The van der Waals surface area contributed by atoms with Crippen molar-refractivity contribution < 1.29 is 9.53 Å². The molecule has 0 aromatic heterocycles. The summed E-state index contributed by atoms with van der Waals surface area (Å²) in [5.41, 5.74) is -0.462. The first kappa shape index (κ1) is 17.6. The van der Waals surface area contributed by atoms with Gasteiger partial charge in [0.25, 0.3) is 0 Å². The van der Waals surface area contributed by atoms with Crippen LogP contribution in [0.4, 0.5) is 4.79 Å². The predicted octanol–water partition coefficient (Wildman–Crippen LogP) is 1.96. The number of amides is 1. The first-order valence-corrected chi connectivity index (χ1v) is 7.88. The van der Waals surface area contributed by atoms with Gasteiger partial charge in [-0.3, -0.25) is 4.99 Å². The van der Waals surface area contributed by atoms with E-state index in [-0.39, 0.29) is 6.09 Å². The molecule has 1 rings (SSSR count). The highest BCUT2D eigenvalue weighted by molar-refractivity contribution is 5.80. The number of likely N-dealkylation sites (N-methyl/N-ethyl adjacent to an activating group) is 1. The Morgan fingerprint density at radius 1 is 1.33 bits per heavy atom. The van der Waals surface area contributed by atoms with Gasteiger partial charge in [-0.05, 0) is 47.5 Å². The van der Waals surface area contributed by atoms with E-state index in [0.29, 0.717) is 25.7 Å². The summed E-state index contributed by atoms with van der Waals surface area (Å²) in [6.07, 6.45) is 2.15. The molecule has 2 N–H and O–H groups in total. The van der Waals surface area contributed by atoms with Crippen molar-refractivity contribution in [2.45, 2.75) is 59.1 Å². The molecule has 6 nitrogen and oxygen atoms in total. The zero-order valence-corrected chi connectivity index (χ0v) is 14.0. The molecule has 122 valence electrons. The fourth-order valence-electron chi connectivity index (χ4n) is 1.73. The molecular weight excluding hydrogens is 268 g/mol. The van der Waals surface area contributed by atoms with Crippen molar-refractivity contribution in [1.82, 2.24) is 15.5 Å². The van der Waals surface area contributed by atoms with E-state index in [1.807, 2.05) is 34.6 Å². The van der Waals surface area contributed by atoms with E-state index in [2.05, 4.69) is 15.6 Å². The molecule has 1 amide bonds. The second-order valence-electron chi connectivity index (χ2n) is 6.24. The van der Waals surface area contributed by atoms with Crippen LogP contribution in [-0.4, -0.2) is 54.8 Å². The third-order valence-corrected chi connectivity index (χ3v) is 2.94. The summed E-state index contributed by atoms with van der Waals surface area (Å²) in [6, 6.07) is 0.566. The standard InChI is InChI=1S/C15H30N4O2/c1-6-16-13(18-12-8-9-12)17-10-11-19(7-2)14(20)21-15(3,4)5/h12H,6-11H2,1-5H3,(H2,16,17,18). The monoisotopic (exact) mass is 298 g/mol. The highest BCUT2D eigenvalue weighted by Crippen LogP contribution is 2.18. The van der Waals surface area contributed by atoms with Gasteiger partial charge in [-0.1, -0.05) is 0 Å². The lowest BCUT2D eigenvalue weighted by atomic mass is 10.2. The molecule has 6 heteroatoms.